The van der Waals surface area contributed by atoms with Crippen LogP contribution in [0.5, 0.6) is 0 Å². The van der Waals surface area contributed by atoms with Crippen LogP contribution in [0.15, 0.2) is 0 Å². The normalized spacial score (nSPS) is 29.7. The number of carboxylic acids is 1. The molecule has 2 heterocycles. The molecule has 1 atom stereocenters. The van der Waals surface area contributed by atoms with Gasteiger partial charge in [-0.2, -0.15) is 0 Å². The topological polar surface area (TPSA) is 43.8 Å². The van der Waals surface area contributed by atoms with Gasteiger partial charge < -0.3 is 5.11 Å². The van der Waals surface area contributed by atoms with Crippen molar-refractivity contribution in [1.29, 1.82) is 0 Å². The fourth-order valence-corrected chi connectivity index (χ4v) is 2.50. The monoisotopic (exact) mass is 212 g/mol. The Balaban J connectivity index is 1.77. The molecule has 4 nitrogen and oxygen atoms in total. The van der Waals surface area contributed by atoms with E-state index in [2.05, 4.69) is 23.6 Å². The Morgan fingerprint density at radius 1 is 1.33 bits per heavy atom. The fourth-order valence-electron chi connectivity index (χ4n) is 2.50. The van der Waals surface area contributed by atoms with Gasteiger partial charge in [-0.3, -0.25) is 14.6 Å². The molecular weight excluding hydrogens is 192 g/mol. The molecule has 0 saturated carbocycles. The predicted octanol–water partition coefficient (Wildman–Crippen LogP) is 0.485. The molecule has 1 unspecified atom stereocenters. The van der Waals surface area contributed by atoms with Crippen LogP contribution in [0, 0.1) is 5.92 Å². The van der Waals surface area contributed by atoms with Gasteiger partial charge in [-0.15, -0.1) is 0 Å². The third kappa shape index (κ3) is 2.16. The first kappa shape index (κ1) is 10.9. The molecule has 0 aromatic rings. The van der Waals surface area contributed by atoms with Gasteiger partial charge in [0.15, 0.2) is 0 Å². The summed E-state index contributed by atoms with van der Waals surface area (Å²) in [7, 11) is 0. The lowest BCUT2D eigenvalue weighted by Gasteiger charge is -2.41. The van der Waals surface area contributed by atoms with Gasteiger partial charge >= 0.3 is 5.97 Å². The fraction of sp³-hybridized carbons (Fsp3) is 0.909. The first-order valence-corrected chi connectivity index (χ1v) is 5.79. The van der Waals surface area contributed by atoms with Crippen LogP contribution in [0.1, 0.15) is 20.3 Å². The zero-order chi connectivity index (χ0) is 11.0. The van der Waals surface area contributed by atoms with E-state index in [0.717, 1.165) is 26.2 Å². The number of aliphatic carboxylic acids is 1. The molecule has 2 fully saturated rings. The Morgan fingerprint density at radius 2 is 2.00 bits per heavy atom. The van der Waals surface area contributed by atoms with Crippen LogP contribution in [0.3, 0.4) is 0 Å². The highest BCUT2D eigenvalue weighted by molar-refractivity contribution is 5.71. The summed E-state index contributed by atoms with van der Waals surface area (Å²) in [6.45, 7) is 8.23. The summed E-state index contributed by atoms with van der Waals surface area (Å²) in [5, 5.41) is 8.80. The average molecular weight is 212 g/mol. The van der Waals surface area contributed by atoms with Gasteiger partial charge in [-0.05, 0) is 20.3 Å². The maximum absolute atomic E-state index is 10.7. The van der Waals surface area contributed by atoms with Crippen LogP contribution in [0.25, 0.3) is 0 Å². The molecule has 2 saturated heterocycles. The van der Waals surface area contributed by atoms with Crippen molar-refractivity contribution >= 4 is 5.97 Å². The number of carboxylic acid groups (broad SMARTS) is 1. The number of nitrogens with zero attached hydrogens (tertiary/aromatic N) is 2. The number of carbonyl (C=O) groups is 1. The molecule has 2 rings (SSSR count). The molecule has 0 aromatic heterocycles. The van der Waals surface area contributed by atoms with Crippen molar-refractivity contribution in [1.82, 2.24) is 9.80 Å². The van der Waals surface area contributed by atoms with E-state index in [1.807, 2.05) is 0 Å². The molecule has 2 aliphatic rings. The van der Waals surface area contributed by atoms with Crippen LogP contribution < -0.4 is 0 Å². The minimum absolute atomic E-state index is 0.113. The van der Waals surface area contributed by atoms with E-state index in [9.17, 15) is 4.79 Å². The molecule has 2 aliphatic heterocycles. The van der Waals surface area contributed by atoms with Gasteiger partial charge in [0.05, 0.1) is 5.92 Å². The molecule has 0 bridgehead atoms. The second-order valence-corrected chi connectivity index (χ2v) is 5.02. The van der Waals surface area contributed by atoms with Crippen molar-refractivity contribution in [3.05, 3.63) is 0 Å². The number of likely N-dealkylation sites (tertiary alicyclic amines) is 2. The molecule has 4 heteroatoms. The summed E-state index contributed by atoms with van der Waals surface area (Å²) in [6, 6.07) is 1.22. The summed E-state index contributed by atoms with van der Waals surface area (Å²) in [5.41, 5.74) is 0. The van der Waals surface area contributed by atoms with Gasteiger partial charge in [-0.25, -0.2) is 0 Å². The van der Waals surface area contributed by atoms with Crippen molar-refractivity contribution in [3.63, 3.8) is 0 Å². The highest BCUT2D eigenvalue weighted by Crippen LogP contribution is 2.25. The van der Waals surface area contributed by atoms with Crippen LogP contribution in [0.2, 0.25) is 0 Å². The zero-order valence-corrected chi connectivity index (χ0v) is 9.52. The van der Waals surface area contributed by atoms with E-state index in [4.69, 9.17) is 5.11 Å². The van der Waals surface area contributed by atoms with Gasteiger partial charge in [0.2, 0.25) is 0 Å². The van der Waals surface area contributed by atoms with E-state index in [1.165, 1.54) is 6.42 Å². The molecule has 0 spiro atoms. The minimum atomic E-state index is -0.634. The van der Waals surface area contributed by atoms with Gasteiger partial charge in [-0.1, -0.05) is 0 Å². The van der Waals surface area contributed by atoms with E-state index in [0.29, 0.717) is 12.1 Å². The van der Waals surface area contributed by atoms with Crippen LogP contribution in [0.4, 0.5) is 0 Å². The van der Waals surface area contributed by atoms with Crippen molar-refractivity contribution in [3.8, 4) is 0 Å². The molecular formula is C11H20N2O2. The highest BCUT2D eigenvalue weighted by atomic mass is 16.4. The Morgan fingerprint density at radius 3 is 2.47 bits per heavy atom. The van der Waals surface area contributed by atoms with Crippen molar-refractivity contribution in [2.45, 2.75) is 32.4 Å². The molecule has 0 aliphatic carbocycles. The Bertz CT molecular complexity index is 249. The van der Waals surface area contributed by atoms with E-state index < -0.39 is 5.97 Å². The average Bonchev–Trinajstić information content (AvgIpc) is 2.49. The maximum atomic E-state index is 10.7. The summed E-state index contributed by atoms with van der Waals surface area (Å²) in [6.07, 6.45) is 1.20. The molecule has 1 N–H and O–H groups in total. The van der Waals surface area contributed by atoms with E-state index in [-0.39, 0.29) is 5.92 Å². The van der Waals surface area contributed by atoms with Crippen molar-refractivity contribution in [2.75, 3.05) is 26.2 Å². The number of rotatable bonds is 3. The van der Waals surface area contributed by atoms with Crippen LogP contribution in [-0.4, -0.2) is 59.1 Å². The van der Waals surface area contributed by atoms with Crippen LogP contribution in [-0.2, 0) is 4.79 Å². The van der Waals surface area contributed by atoms with Crippen molar-refractivity contribution < 1.29 is 9.90 Å². The maximum Gasteiger partial charge on any atom is 0.309 e. The lowest BCUT2D eigenvalue weighted by Crippen LogP contribution is -2.55. The minimum Gasteiger partial charge on any atom is -0.481 e. The molecule has 0 aromatic carbocycles. The summed E-state index contributed by atoms with van der Waals surface area (Å²) < 4.78 is 0. The Hall–Kier alpha value is -0.610. The second-order valence-electron chi connectivity index (χ2n) is 5.02. The third-order valence-electron chi connectivity index (χ3n) is 3.70. The van der Waals surface area contributed by atoms with Gasteiger partial charge in [0, 0.05) is 38.3 Å². The second kappa shape index (κ2) is 4.10. The number of hydrogen-bond acceptors (Lipinski definition) is 3. The van der Waals surface area contributed by atoms with Gasteiger partial charge in [0.25, 0.3) is 0 Å². The molecule has 0 amide bonds. The molecule has 0 radical (unpaired) electrons. The summed E-state index contributed by atoms with van der Waals surface area (Å²) >= 11 is 0. The van der Waals surface area contributed by atoms with Crippen molar-refractivity contribution in [2.24, 2.45) is 5.92 Å². The Kier molecular flexibility index (Phi) is 2.98. The zero-order valence-electron chi connectivity index (χ0n) is 9.52. The Labute approximate surface area is 90.9 Å². The summed E-state index contributed by atoms with van der Waals surface area (Å²) in [4.78, 5) is 15.5. The smallest absolute Gasteiger partial charge is 0.309 e. The quantitative estimate of drug-likeness (QED) is 0.739. The summed E-state index contributed by atoms with van der Waals surface area (Å²) in [5.74, 6) is -0.747. The van der Waals surface area contributed by atoms with E-state index in [1.54, 1.807) is 0 Å². The first-order chi connectivity index (χ1) is 7.08. The predicted molar refractivity (Wildman–Crippen MR) is 57.8 cm³/mol. The standard InChI is InChI=1S/C11H20N2O2/c1-8(2)12-4-3-10(7-12)13-5-9(6-13)11(14)15/h8-10H,3-7H2,1-2H3,(H,14,15). The van der Waals surface area contributed by atoms with E-state index >= 15 is 0 Å². The lowest BCUT2D eigenvalue weighted by molar-refractivity contribution is -0.148. The first-order valence-electron chi connectivity index (χ1n) is 5.79. The van der Waals surface area contributed by atoms with Crippen LogP contribution >= 0.6 is 0 Å². The highest BCUT2D eigenvalue weighted by Gasteiger charge is 2.39. The third-order valence-corrected chi connectivity index (χ3v) is 3.70. The molecule has 86 valence electrons. The SMILES string of the molecule is CC(C)N1CCC(N2CC(C(=O)O)C2)C1. The lowest BCUT2D eigenvalue weighted by atomic mass is 9.97. The molecule has 15 heavy (non-hydrogen) atoms. The van der Waals surface area contributed by atoms with Gasteiger partial charge in [0.1, 0.15) is 0 Å². The number of hydrogen-bond donors (Lipinski definition) is 1. The largest absolute Gasteiger partial charge is 0.481 e.